The average molecular weight is 236 g/mol. The maximum atomic E-state index is 13.1. The summed E-state index contributed by atoms with van der Waals surface area (Å²) in [5.74, 6) is -1.70. The van der Waals surface area contributed by atoms with Crippen LogP contribution in [0.25, 0.3) is 10.9 Å². The molecule has 0 bridgehead atoms. The number of aliphatic carboxylic acids is 1. The van der Waals surface area contributed by atoms with Crippen molar-refractivity contribution in [2.24, 2.45) is 5.92 Å². The van der Waals surface area contributed by atoms with Crippen LogP contribution in [-0.2, 0) is 11.3 Å². The van der Waals surface area contributed by atoms with Gasteiger partial charge in [-0.05, 0) is 25.1 Å². The third kappa shape index (κ3) is 2.13. The Labute approximate surface area is 97.7 Å². The molecule has 1 heterocycles. The minimum atomic E-state index is -0.866. The first kappa shape index (κ1) is 11.6. The van der Waals surface area contributed by atoms with Crippen molar-refractivity contribution in [1.29, 1.82) is 0 Å². The molecule has 0 amide bonds. The van der Waals surface area contributed by atoms with E-state index in [2.05, 4.69) is 5.10 Å². The predicted octanol–water partition coefficient (Wildman–Crippen LogP) is 2.20. The average Bonchev–Trinajstić information content (AvgIpc) is 2.56. The van der Waals surface area contributed by atoms with E-state index in [1.165, 1.54) is 12.1 Å². The molecule has 90 valence electrons. The van der Waals surface area contributed by atoms with Crippen LogP contribution >= 0.6 is 0 Å². The fourth-order valence-electron chi connectivity index (χ4n) is 1.74. The summed E-state index contributed by atoms with van der Waals surface area (Å²) in [6.45, 7) is 3.72. The van der Waals surface area contributed by atoms with Crippen LogP contribution in [0.4, 0.5) is 4.39 Å². The Morgan fingerprint density at radius 2 is 2.29 bits per heavy atom. The van der Waals surface area contributed by atoms with Gasteiger partial charge in [0.25, 0.3) is 0 Å². The number of benzene rings is 1. The van der Waals surface area contributed by atoms with Crippen LogP contribution in [0.15, 0.2) is 18.2 Å². The van der Waals surface area contributed by atoms with Crippen molar-refractivity contribution in [3.05, 3.63) is 29.7 Å². The van der Waals surface area contributed by atoms with Crippen molar-refractivity contribution in [2.45, 2.75) is 20.4 Å². The van der Waals surface area contributed by atoms with Crippen LogP contribution in [0.1, 0.15) is 12.6 Å². The first-order chi connectivity index (χ1) is 7.99. The molecule has 0 saturated heterocycles. The van der Waals surface area contributed by atoms with Gasteiger partial charge in [-0.3, -0.25) is 9.48 Å². The number of carbonyl (C=O) groups is 1. The van der Waals surface area contributed by atoms with Crippen molar-refractivity contribution in [3.8, 4) is 0 Å². The second-order valence-electron chi connectivity index (χ2n) is 4.17. The maximum Gasteiger partial charge on any atom is 0.308 e. The molecule has 1 aromatic carbocycles. The second-order valence-corrected chi connectivity index (χ2v) is 4.17. The van der Waals surface area contributed by atoms with Crippen molar-refractivity contribution < 1.29 is 14.3 Å². The number of nitrogens with zero attached hydrogens (tertiary/aromatic N) is 2. The Morgan fingerprint density at radius 3 is 2.94 bits per heavy atom. The lowest BCUT2D eigenvalue weighted by Crippen LogP contribution is -2.18. The van der Waals surface area contributed by atoms with E-state index in [1.54, 1.807) is 17.7 Å². The summed E-state index contributed by atoms with van der Waals surface area (Å²) in [6.07, 6.45) is 0. The number of halogens is 1. The quantitative estimate of drug-likeness (QED) is 0.888. The SMILES string of the molecule is Cc1c2cc(F)ccc2nn1CC(C)C(=O)O. The summed E-state index contributed by atoms with van der Waals surface area (Å²) in [4.78, 5) is 10.8. The van der Waals surface area contributed by atoms with Crippen molar-refractivity contribution in [2.75, 3.05) is 0 Å². The topological polar surface area (TPSA) is 55.1 Å². The lowest BCUT2D eigenvalue weighted by molar-refractivity contribution is -0.141. The molecule has 1 atom stereocenters. The monoisotopic (exact) mass is 236 g/mol. The van der Waals surface area contributed by atoms with E-state index in [-0.39, 0.29) is 12.4 Å². The molecule has 2 aromatic rings. The van der Waals surface area contributed by atoms with Crippen LogP contribution in [0.2, 0.25) is 0 Å². The molecule has 17 heavy (non-hydrogen) atoms. The molecule has 0 aliphatic rings. The zero-order valence-corrected chi connectivity index (χ0v) is 9.64. The third-order valence-electron chi connectivity index (χ3n) is 2.83. The summed E-state index contributed by atoms with van der Waals surface area (Å²) >= 11 is 0. The van der Waals surface area contributed by atoms with Gasteiger partial charge in [0.05, 0.1) is 18.0 Å². The van der Waals surface area contributed by atoms with E-state index >= 15 is 0 Å². The normalized spacial score (nSPS) is 12.9. The largest absolute Gasteiger partial charge is 0.481 e. The fraction of sp³-hybridized carbons (Fsp3) is 0.333. The Morgan fingerprint density at radius 1 is 1.59 bits per heavy atom. The number of fused-ring (bicyclic) bond motifs is 1. The van der Waals surface area contributed by atoms with Crippen LogP contribution in [-0.4, -0.2) is 20.9 Å². The number of aromatic nitrogens is 2. The Kier molecular flexibility index (Phi) is 2.83. The molecule has 1 aromatic heterocycles. The molecule has 5 heteroatoms. The maximum absolute atomic E-state index is 13.1. The highest BCUT2D eigenvalue weighted by molar-refractivity contribution is 5.81. The highest BCUT2D eigenvalue weighted by atomic mass is 19.1. The molecule has 4 nitrogen and oxygen atoms in total. The van der Waals surface area contributed by atoms with E-state index in [0.29, 0.717) is 5.52 Å². The lowest BCUT2D eigenvalue weighted by Gasteiger charge is -2.07. The minimum absolute atomic E-state index is 0.289. The van der Waals surface area contributed by atoms with Gasteiger partial charge < -0.3 is 5.11 Å². The first-order valence-electron chi connectivity index (χ1n) is 5.34. The minimum Gasteiger partial charge on any atom is -0.481 e. The zero-order valence-electron chi connectivity index (χ0n) is 9.64. The Hall–Kier alpha value is -1.91. The lowest BCUT2D eigenvalue weighted by atomic mass is 10.2. The van der Waals surface area contributed by atoms with E-state index < -0.39 is 11.9 Å². The summed E-state index contributed by atoms with van der Waals surface area (Å²) in [6, 6.07) is 4.36. The summed E-state index contributed by atoms with van der Waals surface area (Å²) in [5, 5.41) is 13.8. The number of aryl methyl sites for hydroxylation is 1. The molecule has 0 aliphatic carbocycles. The van der Waals surface area contributed by atoms with Gasteiger partial charge >= 0.3 is 5.97 Å². The molecule has 0 saturated carbocycles. The smallest absolute Gasteiger partial charge is 0.308 e. The van der Waals surface area contributed by atoms with Crippen LogP contribution in [0.3, 0.4) is 0 Å². The zero-order chi connectivity index (χ0) is 12.6. The molecule has 0 spiro atoms. The van der Waals surface area contributed by atoms with E-state index in [1.807, 2.05) is 6.92 Å². The van der Waals surface area contributed by atoms with Gasteiger partial charge in [-0.15, -0.1) is 0 Å². The van der Waals surface area contributed by atoms with Crippen LogP contribution in [0, 0.1) is 18.7 Å². The van der Waals surface area contributed by atoms with E-state index in [0.717, 1.165) is 11.1 Å². The number of rotatable bonds is 3. The molecular formula is C12H13FN2O2. The van der Waals surface area contributed by atoms with Gasteiger partial charge in [0.2, 0.25) is 0 Å². The summed E-state index contributed by atoms with van der Waals surface area (Å²) in [7, 11) is 0. The van der Waals surface area contributed by atoms with Crippen molar-refractivity contribution in [1.82, 2.24) is 9.78 Å². The second kappa shape index (κ2) is 4.16. The number of hydrogen-bond acceptors (Lipinski definition) is 2. The van der Waals surface area contributed by atoms with Crippen molar-refractivity contribution in [3.63, 3.8) is 0 Å². The highest BCUT2D eigenvalue weighted by Gasteiger charge is 2.15. The molecule has 1 unspecified atom stereocenters. The molecular weight excluding hydrogens is 223 g/mol. The van der Waals surface area contributed by atoms with E-state index in [4.69, 9.17) is 5.11 Å². The van der Waals surface area contributed by atoms with Crippen molar-refractivity contribution >= 4 is 16.9 Å². The third-order valence-corrected chi connectivity index (χ3v) is 2.83. The molecule has 2 rings (SSSR count). The van der Waals surface area contributed by atoms with Gasteiger partial charge in [-0.25, -0.2) is 4.39 Å². The van der Waals surface area contributed by atoms with Gasteiger partial charge in [0, 0.05) is 11.1 Å². The van der Waals surface area contributed by atoms with Gasteiger partial charge in [-0.2, -0.15) is 5.10 Å². The van der Waals surface area contributed by atoms with E-state index in [9.17, 15) is 9.18 Å². The van der Waals surface area contributed by atoms with Gasteiger partial charge in [0.1, 0.15) is 5.82 Å². The first-order valence-corrected chi connectivity index (χ1v) is 5.34. The number of carboxylic acid groups (broad SMARTS) is 1. The molecule has 0 fully saturated rings. The standard InChI is InChI=1S/C12H13FN2O2/c1-7(12(16)17)6-15-8(2)10-5-9(13)3-4-11(10)14-15/h3-5,7H,6H2,1-2H3,(H,16,17). The molecule has 0 aliphatic heterocycles. The van der Waals surface area contributed by atoms with Gasteiger partial charge in [-0.1, -0.05) is 6.92 Å². The highest BCUT2D eigenvalue weighted by Crippen LogP contribution is 2.19. The van der Waals surface area contributed by atoms with Crippen LogP contribution in [0.5, 0.6) is 0 Å². The van der Waals surface area contributed by atoms with Crippen LogP contribution < -0.4 is 0 Å². The Balaban J connectivity index is 2.42. The van der Waals surface area contributed by atoms with Gasteiger partial charge in [0.15, 0.2) is 0 Å². The summed E-state index contributed by atoms with van der Waals surface area (Å²) in [5.41, 5.74) is 1.47. The number of carboxylic acids is 1. The summed E-state index contributed by atoms with van der Waals surface area (Å²) < 4.78 is 14.7. The predicted molar refractivity (Wildman–Crippen MR) is 61.2 cm³/mol. The molecule has 1 N–H and O–H groups in total. The Bertz CT molecular complexity index is 577. The fourth-order valence-corrected chi connectivity index (χ4v) is 1.74. The molecule has 0 radical (unpaired) electrons. The number of hydrogen-bond donors (Lipinski definition) is 1.